The van der Waals surface area contributed by atoms with Crippen molar-refractivity contribution in [2.75, 3.05) is 26.7 Å². The average molecular weight is 483 g/mol. The van der Waals surface area contributed by atoms with Crippen LogP contribution in [-0.4, -0.2) is 41.9 Å². The van der Waals surface area contributed by atoms with Crippen molar-refractivity contribution in [3.8, 4) is 11.5 Å². The second-order valence-corrected chi connectivity index (χ2v) is 8.76. The molecule has 3 aromatic rings. The highest BCUT2D eigenvalue weighted by atomic mass is 35.5. The van der Waals surface area contributed by atoms with Crippen LogP contribution >= 0.6 is 23.8 Å². The van der Waals surface area contributed by atoms with Crippen LogP contribution in [0.25, 0.3) is 0 Å². The molecule has 0 heterocycles. The van der Waals surface area contributed by atoms with Gasteiger partial charge in [-0.1, -0.05) is 60.1 Å². The monoisotopic (exact) mass is 482 g/mol. The molecule has 0 bridgehead atoms. The molecule has 6 heteroatoms. The number of methoxy groups -OCH3 is 1. The SMILES string of the molecule is COc1cc(CCCN(CCc2ccccc2)C(=S)NCCc2ccc(Cl)cc2)ccc1O. The number of aromatic hydroxyl groups is 1. The predicted molar refractivity (Wildman–Crippen MR) is 140 cm³/mol. The number of phenolic OH excluding ortho intramolecular Hbond substituents is 1. The molecule has 0 aliphatic heterocycles. The first kappa shape index (κ1) is 24.9. The van der Waals surface area contributed by atoms with E-state index in [0.29, 0.717) is 5.75 Å². The molecule has 0 fully saturated rings. The molecule has 33 heavy (non-hydrogen) atoms. The third-order valence-electron chi connectivity index (χ3n) is 5.54. The second-order valence-electron chi connectivity index (χ2n) is 7.94. The number of aryl methyl sites for hydroxylation is 1. The van der Waals surface area contributed by atoms with Gasteiger partial charge in [0.15, 0.2) is 16.6 Å². The van der Waals surface area contributed by atoms with E-state index < -0.39 is 0 Å². The first-order valence-corrected chi connectivity index (χ1v) is 12.0. The molecule has 0 radical (unpaired) electrons. The molecule has 0 aromatic heterocycles. The van der Waals surface area contributed by atoms with Crippen LogP contribution < -0.4 is 10.1 Å². The smallest absolute Gasteiger partial charge is 0.168 e. The average Bonchev–Trinajstić information content (AvgIpc) is 2.84. The van der Waals surface area contributed by atoms with E-state index in [-0.39, 0.29) is 5.75 Å². The quantitative estimate of drug-likeness (QED) is 0.346. The zero-order valence-corrected chi connectivity index (χ0v) is 20.5. The summed E-state index contributed by atoms with van der Waals surface area (Å²) in [6.45, 7) is 2.48. The number of ether oxygens (including phenoxy) is 1. The summed E-state index contributed by atoms with van der Waals surface area (Å²) in [7, 11) is 1.57. The summed E-state index contributed by atoms with van der Waals surface area (Å²) in [6.07, 6.45) is 3.65. The maximum absolute atomic E-state index is 9.81. The minimum Gasteiger partial charge on any atom is -0.504 e. The Bertz CT molecular complexity index is 1010. The van der Waals surface area contributed by atoms with E-state index in [1.54, 1.807) is 13.2 Å². The molecule has 0 unspecified atom stereocenters. The maximum atomic E-state index is 9.81. The molecule has 0 aliphatic carbocycles. The van der Waals surface area contributed by atoms with Gasteiger partial charge >= 0.3 is 0 Å². The summed E-state index contributed by atoms with van der Waals surface area (Å²) in [4.78, 5) is 2.25. The normalized spacial score (nSPS) is 10.6. The second kappa shape index (κ2) is 13.1. The summed E-state index contributed by atoms with van der Waals surface area (Å²) in [5, 5.41) is 14.8. The summed E-state index contributed by atoms with van der Waals surface area (Å²) in [5.41, 5.74) is 3.66. The van der Waals surface area contributed by atoms with Crippen LogP contribution in [0, 0.1) is 0 Å². The van der Waals surface area contributed by atoms with Crippen molar-refractivity contribution in [3.63, 3.8) is 0 Å². The summed E-state index contributed by atoms with van der Waals surface area (Å²) < 4.78 is 5.23. The molecule has 0 atom stereocenters. The van der Waals surface area contributed by atoms with Crippen LogP contribution in [0.15, 0.2) is 72.8 Å². The Hall–Kier alpha value is -2.76. The minimum absolute atomic E-state index is 0.164. The number of nitrogens with one attached hydrogen (secondary N) is 1. The molecule has 4 nitrogen and oxygen atoms in total. The molecule has 0 spiro atoms. The summed E-state index contributed by atoms with van der Waals surface area (Å²) in [5.74, 6) is 0.671. The topological polar surface area (TPSA) is 44.7 Å². The van der Waals surface area contributed by atoms with E-state index in [2.05, 4.69) is 34.5 Å². The number of halogens is 1. The van der Waals surface area contributed by atoms with E-state index in [0.717, 1.165) is 61.0 Å². The van der Waals surface area contributed by atoms with Gasteiger partial charge in [0.2, 0.25) is 0 Å². The Morgan fingerprint density at radius 1 is 0.909 bits per heavy atom. The lowest BCUT2D eigenvalue weighted by molar-refractivity contribution is 0.372. The molecule has 2 N–H and O–H groups in total. The molecule has 174 valence electrons. The van der Waals surface area contributed by atoms with Gasteiger partial charge in [0.25, 0.3) is 0 Å². The largest absolute Gasteiger partial charge is 0.504 e. The fourth-order valence-electron chi connectivity index (χ4n) is 3.65. The Morgan fingerprint density at radius 3 is 2.33 bits per heavy atom. The highest BCUT2D eigenvalue weighted by Gasteiger charge is 2.11. The Balaban J connectivity index is 1.54. The lowest BCUT2D eigenvalue weighted by Gasteiger charge is -2.26. The number of phenols is 1. The molecule has 0 saturated heterocycles. The lowest BCUT2D eigenvalue weighted by Crippen LogP contribution is -2.42. The molecular formula is C27H31ClN2O2S. The van der Waals surface area contributed by atoms with Crippen LogP contribution in [0.3, 0.4) is 0 Å². The minimum atomic E-state index is 0.164. The predicted octanol–water partition coefficient (Wildman–Crippen LogP) is 5.65. The van der Waals surface area contributed by atoms with E-state index in [4.69, 9.17) is 28.6 Å². The van der Waals surface area contributed by atoms with Gasteiger partial charge in [-0.15, -0.1) is 0 Å². The van der Waals surface area contributed by atoms with Crippen molar-refractivity contribution in [3.05, 3.63) is 94.5 Å². The van der Waals surface area contributed by atoms with Crippen LogP contribution in [0.5, 0.6) is 11.5 Å². The van der Waals surface area contributed by atoms with Crippen LogP contribution in [0.1, 0.15) is 23.1 Å². The van der Waals surface area contributed by atoms with E-state index in [1.165, 1.54) is 11.1 Å². The Labute approximate surface area is 207 Å². The van der Waals surface area contributed by atoms with Crippen LogP contribution in [0.4, 0.5) is 0 Å². The summed E-state index contributed by atoms with van der Waals surface area (Å²) in [6, 6.07) is 23.9. The van der Waals surface area contributed by atoms with Crippen molar-refractivity contribution >= 4 is 28.9 Å². The Kier molecular flexibility index (Phi) is 9.85. The number of nitrogens with zero attached hydrogens (tertiary/aromatic N) is 1. The number of thiocarbonyl (C=S) groups is 1. The maximum Gasteiger partial charge on any atom is 0.168 e. The number of hydrogen-bond acceptors (Lipinski definition) is 3. The van der Waals surface area contributed by atoms with Crippen LogP contribution in [0.2, 0.25) is 5.02 Å². The van der Waals surface area contributed by atoms with Gasteiger partial charge in [0, 0.05) is 24.7 Å². The van der Waals surface area contributed by atoms with Gasteiger partial charge in [-0.25, -0.2) is 0 Å². The fraction of sp³-hybridized carbons (Fsp3) is 0.296. The highest BCUT2D eigenvalue weighted by Crippen LogP contribution is 2.26. The first-order valence-electron chi connectivity index (χ1n) is 11.2. The van der Waals surface area contributed by atoms with Gasteiger partial charge in [-0.05, 0) is 78.9 Å². The van der Waals surface area contributed by atoms with Crippen molar-refractivity contribution in [2.45, 2.75) is 25.7 Å². The first-order chi connectivity index (χ1) is 16.0. The van der Waals surface area contributed by atoms with E-state index in [1.807, 2.05) is 42.5 Å². The van der Waals surface area contributed by atoms with Gasteiger partial charge in [0.1, 0.15) is 0 Å². The zero-order chi connectivity index (χ0) is 23.5. The third-order valence-corrected chi connectivity index (χ3v) is 6.20. The summed E-state index contributed by atoms with van der Waals surface area (Å²) >= 11 is 11.7. The molecule has 0 amide bonds. The number of benzene rings is 3. The molecule has 3 rings (SSSR count). The standard InChI is InChI=1S/C27H31ClN2O2S/c1-32-26-20-23(11-14-25(26)31)8-5-18-30(19-16-21-6-3-2-4-7-21)27(33)29-17-15-22-9-12-24(28)13-10-22/h2-4,6-7,9-14,20,31H,5,8,15-19H2,1H3,(H,29,33). The molecule has 0 aliphatic rings. The highest BCUT2D eigenvalue weighted by molar-refractivity contribution is 7.80. The van der Waals surface area contributed by atoms with Gasteiger partial charge in [-0.2, -0.15) is 0 Å². The van der Waals surface area contributed by atoms with E-state index in [9.17, 15) is 5.11 Å². The Morgan fingerprint density at radius 2 is 1.61 bits per heavy atom. The fourth-order valence-corrected chi connectivity index (χ4v) is 4.06. The van der Waals surface area contributed by atoms with Gasteiger partial charge < -0.3 is 20.1 Å². The van der Waals surface area contributed by atoms with Crippen molar-refractivity contribution in [1.82, 2.24) is 10.2 Å². The van der Waals surface area contributed by atoms with Crippen molar-refractivity contribution < 1.29 is 9.84 Å². The number of hydrogen-bond donors (Lipinski definition) is 2. The van der Waals surface area contributed by atoms with Crippen molar-refractivity contribution in [2.24, 2.45) is 0 Å². The van der Waals surface area contributed by atoms with E-state index >= 15 is 0 Å². The van der Waals surface area contributed by atoms with Crippen LogP contribution in [-0.2, 0) is 19.3 Å². The zero-order valence-electron chi connectivity index (χ0n) is 19.0. The molecular weight excluding hydrogens is 452 g/mol. The van der Waals surface area contributed by atoms with Gasteiger partial charge in [0.05, 0.1) is 7.11 Å². The third kappa shape index (κ3) is 8.26. The van der Waals surface area contributed by atoms with Gasteiger partial charge in [-0.3, -0.25) is 0 Å². The number of rotatable bonds is 11. The molecule has 3 aromatic carbocycles. The molecule has 0 saturated carbocycles. The lowest BCUT2D eigenvalue weighted by atomic mass is 10.1. The van der Waals surface area contributed by atoms with Crippen molar-refractivity contribution in [1.29, 1.82) is 0 Å².